The number of nitrogens with one attached hydrogen (secondary N) is 2. The molecule has 2 saturated heterocycles. The normalized spacial score (nSPS) is 19.9. The Labute approximate surface area is 197 Å². The minimum atomic E-state index is -4.45. The Morgan fingerprint density at radius 3 is 2.00 bits per heavy atom. The number of hydrogen-bond donors (Lipinski definition) is 2. The highest BCUT2D eigenvalue weighted by molar-refractivity contribution is 7.89. The van der Waals surface area contributed by atoms with Crippen LogP contribution < -0.4 is 10.6 Å². The van der Waals surface area contributed by atoms with Crippen molar-refractivity contribution in [1.82, 2.24) is 9.21 Å². The van der Waals surface area contributed by atoms with E-state index in [0.717, 1.165) is 69.6 Å². The average molecular weight is 497 g/mol. The van der Waals surface area contributed by atoms with E-state index in [2.05, 4.69) is 15.5 Å². The molecular weight excluding hydrogens is 469 g/mol. The number of urea groups is 1. The van der Waals surface area contributed by atoms with E-state index in [1.54, 1.807) is 4.31 Å². The molecule has 11 heteroatoms. The molecule has 0 aromatic heterocycles. The summed E-state index contributed by atoms with van der Waals surface area (Å²) >= 11 is 0. The second kappa shape index (κ2) is 9.93. The molecule has 2 fully saturated rings. The predicted molar refractivity (Wildman–Crippen MR) is 123 cm³/mol. The zero-order valence-corrected chi connectivity index (χ0v) is 19.3. The summed E-state index contributed by atoms with van der Waals surface area (Å²) in [7, 11) is -3.65. The molecule has 0 bridgehead atoms. The minimum Gasteiger partial charge on any atom is -0.308 e. The van der Waals surface area contributed by atoms with Crippen molar-refractivity contribution in [3.05, 3.63) is 54.1 Å². The van der Waals surface area contributed by atoms with Crippen molar-refractivity contribution in [2.75, 3.05) is 36.8 Å². The Morgan fingerprint density at radius 1 is 0.882 bits per heavy atom. The molecule has 2 heterocycles. The molecule has 1 atom stereocenters. The third-order valence-electron chi connectivity index (χ3n) is 6.18. The molecule has 2 aromatic carbocycles. The molecule has 2 amide bonds. The number of carbonyl (C=O) groups is 1. The van der Waals surface area contributed by atoms with Crippen LogP contribution in [0.1, 0.15) is 31.2 Å². The van der Waals surface area contributed by atoms with Gasteiger partial charge in [-0.3, -0.25) is 0 Å². The van der Waals surface area contributed by atoms with Gasteiger partial charge >= 0.3 is 12.2 Å². The van der Waals surface area contributed by atoms with Crippen molar-refractivity contribution in [2.24, 2.45) is 0 Å². The van der Waals surface area contributed by atoms with Gasteiger partial charge < -0.3 is 15.5 Å². The molecule has 2 aromatic rings. The smallest absolute Gasteiger partial charge is 0.308 e. The van der Waals surface area contributed by atoms with E-state index in [9.17, 15) is 26.4 Å². The molecule has 0 aliphatic carbocycles. The number of halogens is 3. The molecule has 2 aliphatic heterocycles. The maximum Gasteiger partial charge on any atom is 0.416 e. The Morgan fingerprint density at radius 2 is 1.44 bits per heavy atom. The van der Waals surface area contributed by atoms with Crippen LogP contribution in [0, 0.1) is 0 Å². The summed E-state index contributed by atoms with van der Waals surface area (Å²) in [6, 6.07) is 9.28. The first-order valence-corrected chi connectivity index (χ1v) is 12.7. The third-order valence-corrected chi connectivity index (χ3v) is 8.15. The number of amides is 2. The van der Waals surface area contributed by atoms with Gasteiger partial charge in [-0.2, -0.15) is 17.5 Å². The van der Waals surface area contributed by atoms with E-state index in [1.165, 1.54) is 24.3 Å². The first-order valence-electron chi connectivity index (χ1n) is 11.2. The number of benzene rings is 2. The number of nitrogens with zero attached hydrogens (tertiary/aromatic N) is 2. The highest BCUT2D eigenvalue weighted by atomic mass is 32.2. The molecule has 7 nitrogen and oxygen atoms in total. The van der Waals surface area contributed by atoms with E-state index < -0.39 is 27.8 Å². The maximum atomic E-state index is 13.2. The number of carbonyl (C=O) groups excluding carboxylic acids is 1. The van der Waals surface area contributed by atoms with Crippen LogP contribution in [0.25, 0.3) is 0 Å². The lowest BCUT2D eigenvalue weighted by molar-refractivity contribution is -0.137. The standard InChI is InChI=1S/C23H27F3N4O3S/c24-23(25,26)17-5-7-18(8-6-17)27-22(31)28-19-9-11-21(12-10-19)34(32,33)30-15-3-4-20(30)16-29-13-1-2-14-29/h5-12,20H,1-4,13-16H2,(H2,27,28,31). The molecule has 2 aliphatic rings. The van der Waals surface area contributed by atoms with E-state index in [4.69, 9.17) is 0 Å². The van der Waals surface area contributed by atoms with Crippen LogP contribution in [0.15, 0.2) is 53.4 Å². The second-order valence-electron chi connectivity index (χ2n) is 8.60. The number of likely N-dealkylation sites (tertiary alicyclic amines) is 1. The number of rotatable bonds is 6. The largest absolute Gasteiger partial charge is 0.416 e. The highest BCUT2D eigenvalue weighted by Gasteiger charge is 2.36. The molecule has 184 valence electrons. The Bertz CT molecular complexity index is 1100. The van der Waals surface area contributed by atoms with Gasteiger partial charge in [0.05, 0.1) is 10.5 Å². The summed E-state index contributed by atoms with van der Waals surface area (Å²) in [5.41, 5.74) is -0.253. The average Bonchev–Trinajstić information content (AvgIpc) is 3.47. The summed E-state index contributed by atoms with van der Waals surface area (Å²) in [6.45, 7) is 3.28. The zero-order chi connectivity index (χ0) is 24.3. The monoisotopic (exact) mass is 496 g/mol. The summed E-state index contributed by atoms with van der Waals surface area (Å²) in [4.78, 5) is 14.7. The van der Waals surface area contributed by atoms with E-state index in [0.29, 0.717) is 12.2 Å². The van der Waals surface area contributed by atoms with Crippen LogP contribution in [-0.2, 0) is 16.2 Å². The van der Waals surface area contributed by atoms with E-state index >= 15 is 0 Å². The van der Waals surface area contributed by atoms with Crippen LogP contribution in [0.3, 0.4) is 0 Å². The Kier molecular flexibility index (Phi) is 7.15. The van der Waals surface area contributed by atoms with Crippen molar-refractivity contribution >= 4 is 27.4 Å². The summed E-state index contributed by atoms with van der Waals surface area (Å²) in [6.07, 6.45) is -0.464. The molecule has 34 heavy (non-hydrogen) atoms. The first kappa shape index (κ1) is 24.5. The van der Waals surface area contributed by atoms with Gasteiger partial charge in [-0.05, 0) is 87.3 Å². The highest BCUT2D eigenvalue weighted by Crippen LogP contribution is 2.30. The fourth-order valence-corrected chi connectivity index (χ4v) is 6.14. The zero-order valence-electron chi connectivity index (χ0n) is 18.5. The van der Waals surface area contributed by atoms with Crippen LogP contribution in [0.5, 0.6) is 0 Å². The molecule has 4 rings (SSSR count). The van der Waals surface area contributed by atoms with Crippen molar-refractivity contribution in [1.29, 1.82) is 0 Å². The summed E-state index contributed by atoms with van der Waals surface area (Å²) in [5.74, 6) is 0. The minimum absolute atomic E-state index is 0.0320. The SMILES string of the molecule is O=C(Nc1ccc(C(F)(F)F)cc1)Nc1ccc(S(=O)(=O)N2CCCC2CN2CCCC2)cc1. The summed E-state index contributed by atoms with van der Waals surface area (Å²) < 4.78 is 66.0. The lowest BCUT2D eigenvalue weighted by Gasteiger charge is -2.28. The van der Waals surface area contributed by atoms with Crippen molar-refractivity contribution in [3.63, 3.8) is 0 Å². The van der Waals surface area contributed by atoms with Gasteiger partial charge in [-0.15, -0.1) is 0 Å². The predicted octanol–water partition coefficient (Wildman–Crippen LogP) is 4.60. The number of sulfonamides is 1. The lowest BCUT2D eigenvalue weighted by Crippen LogP contribution is -2.42. The Hall–Kier alpha value is -2.63. The van der Waals surface area contributed by atoms with E-state index in [-0.39, 0.29) is 16.6 Å². The molecule has 0 saturated carbocycles. The lowest BCUT2D eigenvalue weighted by atomic mass is 10.2. The maximum absolute atomic E-state index is 13.2. The van der Waals surface area contributed by atoms with E-state index in [1.807, 2.05) is 0 Å². The Balaban J connectivity index is 1.36. The number of alkyl halides is 3. The third kappa shape index (κ3) is 5.70. The number of hydrogen-bond acceptors (Lipinski definition) is 4. The van der Waals surface area contributed by atoms with Crippen molar-refractivity contribution in [2.45, 2.75) is 42.8 Å². The second-order valence-corrected chi connectivity index (χ2v) is 10.5. The quantitative estimate of drug-likeness (QED) is 0.613. The molecule has 1 unspecified atom stereocenters. The van der Waals surface area contributed by atoms with Crippen LogP contribution in [0.2, 0.25) is 0 Å². The first-order chi connectivity index (χ1) is 16.1. The summed E-state index contributed by atoms with van der Waals surface area (Å²) in [5, 5.41) is 5.00. The van der Waals surface area contributed by atoms with Gasteiger partial charge in [0.15, 0.2) is 0 Å². The van der Waals surface area contributed by atoms with Crippen molar-refractivity contribution in [3.8, 4) is 0 Å². The molecule has 0 radical (unpaired) electrons. The van der Waals surface area contributed by atoms with Gasteiger partial charge in [0.1, 0.15) is 0 Å². The van der Waals surface area contributed by atoms with Crippen LogP contribution >= 0.6 is 0 Å². The van der Waals surface area contributed by atoms with Gasteiger partial charge in [-0.1, -0.05) is 0 Å². The molecule has 2 N–H and O–H groups in total. The molecular formula is C23H27F3N4O3S. The fraction of sp³-hybridized carbons (Fsp3) is 0.435. The fourth-order valence-electron chi connectivity index (χ4n) is 4.45. The van der Waals surface area contributed by atoms with Gasteiger partial charge in [0.2, 0.25) is 10.0 Å². The van der Waals surface area contributed by atoms with Gasteiger partial charge in [0, 0.05) is 30.5 Å². The van der Waals surface area contributed by atoms with Gasteiger partial charge in [-0.25, -0.2) is 13.2 Å². The number of anilines is 2. The van der Waals surface area contributed by atoms with Crippen molar-refractivity contribution < 1.29 is 26.4 Å². The van der Waals surface area contributed by atoms with Crippen LogP contribution in [0.4, 0.5) is 29.3 Å². The van der Waals surface area contributed by atoms with Gasteiger partial charge in [0.25, 0.3) is 0 Å². The molecule has 0 spiro atoms. The van der Waals surface area contributed by atoms with Crippen LogP contribution in [-0.4, -0.2) is 55.9 Å². The topological polar surface area (TPSA) is 81.8 Å².